The summed E-state index contributed by atoms with van der Waals surface area (Å²) in [6.07, 6.45) is 5.01. The van der Waals surface area contributed by atoms with Crippen LogP contribution in [0.3, 0.4) is 0 Å². The highest BCUT2D eigenvalue weighted by Crippen LogP contribution is 2.38. The summed E-state index contributed by atoms with van der Waals surface area (Å²) < 4.78 is 31.8. The molecule has 2 saturated heterocycles. The van der Waals surface area contributed by atoms with Crippen LogP contribution in [0.25, 0.3) is 0 Å². The first-order valence-electron chi connectivity index (χ1n) is 8.70. The molecule has 7 nitrogen and oxygen atoms in total. The molecule has 3 aliphatic rings. The van der Waals surface area contributed by atoms with Gasteiger partial charge in [0.05, 0.1) is 34.9 Å². The molecular weight excluding hydrogens is 392 g/mol. The number of carbonyl (C=O) groups is 2. The second-order valence-corrected chi connectivity index (χ2v) is 9.32. The van der Waals surface area contributed by atoms with Gasteiger partial charge in [-0.05, 0) is 31.0 Å². The van der Waals surface area contributed by atoms with E-state index in [4.69, 9.17) is 16.3 Å². The lowest BCUT2D eigenvalue weighted by molar-refractivity contribution is -0.145. The van der Waals surface area contributed by atoms with Crippen LogP contribution in [0.15, 0.2) is 35.2 Å². The second kappa shape index (κ2) is 6.61. The Kier molecular flexibility index (Phi) is 4.52. The first-order chi connectivity index (χ1) is 12.8. The Balaban J connectivity index is 1.48. The van der Waals surface area contributed by atoms with Gasteiger partial charge in [-0.2, -0.15) is 4.31 Å². The highest BCUT2D eigenvalue weighted by atomic mass is 35.5. The molecule has 0 saturated carbocycles. The first kappa shape index (κ1) is 18.5. The molecule has 0 bridgehead atoms. The maximum Gasteiger partial charge on any atom is 0.243 e. The highest BCUT2D eigenvalue weighted by molar-refractivity contribution is 7.89. The number of likely N-dealkylation sites (tertiary alicyclic amines) is 1. The molecule has 0 N–H and O–H groups in total. The van der Waals surface area contributed by atoms with Crippen LogP contribution in [0.1, 0.15) is 12.8 Å². The van der Waals surface area contributed by atoms with Crippen LogP contribution in [0.4, 0.5) is 0 Å². The summed E-state index contributed by atoms with van der Waals surface area (Å²) in [5, 5.41) is 0.206. The molecule has 0 aromatic heterocycles. The van der Waals surface area contributed by atoms with Gasteiger partial charge in [0.2, 0.25) is 21.8 Å². The largest absolute Gasteiger partial charge is 0.495 e. The molecule has 2 amide bonds. The van der Waals surface area contributed by atoms with Crippen molar-refractivity contribution in [3.63, 3.8) is 0 Å². The summed E-state index contributed by atoms with van der Waals surface area (Å²) in [5.74, 6) is -0.559. The van der Waals surface area contributed by atoms with Crippen molar-refractivity contribution in [1.29, 1.82) is 0 Å². The van der Waals surface area contributed by atoms with Crippen LogP contribution < -0.4 is 4.74 Å². The van der Waals surface area contributed by atoms with Crippen molar-refractivity contribution in [1.82, 2.24) is 9.21 Å². The summed E-state index contributed by atoms with van der Waals surface area (Å²) in [5.41, 5.74) is 0. The average Bonchev–Trinajstić information content (AvgIpc) is 2.86. The van der Waals surface area contributed by atoms with Gasteiger partial charge in [-0.25, -0.2) is 8.42 Å². The maximum atomic E-state index is 12.8. The topological polar surface area (TPSA) is 84.0 Å². The quantitative estimate of drug-likeness (QED) is 0.557. The molecule has 144 valence electrons. The molecule has 9 heteroatoms. The van der Waals surface area contributed by atoms with E-state index in [0.717, 1.165) is 0 Å². The van der Waals surface area contributed by atoms with Gasteiger partial charge in [0, 0.05) is 13.1 Å². The predicted octanol–water partition coefficient (Wildman–Crippen LogP) is 1.67. The Labute approximate surface area is 162 Å². The molecule has 2 aliphatic heterocycles. The Hall–Kier alpha value is -1.90. The molecule has 1 aromatic rings. The van der Waals surface area contributed by atoms with Gasteiger partial charge in [0.15, 0.2) is 0 Å². The number of nitrogens with zero attached hydrogens (tertiary/aromatic N) is 2. The Morgan fingerprint density at radius 2 is 1.67 bits per heavy atom. The van der Waals surface area contributed by atoms with E-state index in [0.29, 0.717) is 18.6 Å². The molecule has 4 rings (SSSR count). The minimum absolute atomic E-state index is 0.0590. The van der Waals surface area contributed by atoms with Crippen LogP contribution in [-0.4, -0.2) is 55.7 Å². The third kappa shape index (κ3) is 2.86. The number of imide groups is 1. The molecule has 2 atom stereocenters. The first-order valence-corrected chi connectivity index (χ1v) is 10.5. The molecule has 0 unspecified atom stereocenters. The average molecular weight is 411 g/mol. The number of ether oxygens (including phenoxy) is 1. The molecule has 0 spiro atoms. The van der Waals surface area contributed by atoms with Gasteiger partial charge in [-0.15, -0.1) is 0 Å². The smallest absolute Gasteiger partial charge is 0.243 e. The van der Waals surface area contributed by atoms with Crippen LogP contribution in [-0.2, 0) is 19.6 Å². The minimum atomic E-state index is -3.74. The molecule has 0 radical (unpaired) electrons. The number of methoxy groups -OCH3 is 1. The lowest BCUT2D eigenvalue weighted by Gasteiger charge is -2.42. The molecule has 2 heterocycles. The van der Waals surface area contributed by atoms with Gasteiger partial charge >= 0.3 is 0 Å². The SMILES string of the molecule is COc1ccc(S(=O)(=O)N2CC(N3C(=O)[C@@H]4CC=CC[C@H]4C3=O)C2)cc1Cl. The molecule has 1 aromatic carbocycles. The number of fused-ring (bicyclic) bond motifs is 1. The zero-order valence-corrected chi connectivity index (χ0v) is 16.2. The third-order valence-electron chi connectivity index (χ3n) is 5.50. The lowest BCUT2D eigenvalue weighted by Crippen LogP contribution is -2.62. The molecular formula is C18H19ClN2O5S. The number of hydrogen-bond acceptors (Lipinski definition) is 5. The van der Waals surface area contributed by atoms with Crippen molar-refractivity contribution in [2.45, 2.75) is 23.8 Å². The zero-order valence-electron chi connectivity index (χ0n) is 14.7. The fourth-order valence-corrected chi connectivity index (χ4v) is 5.78. The number of amides is 2. The number of carbonyl (C=O) groups excluding carboxylic acids is 2. The van der Waals surface area contributed by atoms with Crippen molar-refractivity contribution in [3.8, 4) is 5.75 Å². The van der Waals surface area contributed by atoms with E-state index in [1.807, 2.05) is 12.2 Å². The van der Waals surface area contributed by atoms with Gasteiger partial charge in [0.1, 0.15) is 5.75 Å². The van der Waals surface area contributed by atoms with E-state index >= 15 is 0 Å². The van der Waals surface area contributed by atoms with Crippen molar-refractivity contribution in [2.75, 3.05) is 20.2 Å². The molecule has 1 aliphatic carbocycles. The summed E-state index contributed by atoms with van der Waals surface area (Å²) in [4.78, 5) is 26.5. The van der Waals surface area contributed by atoms with E-state index in [-0.39, 0.29) is 46.7 Å². The summed E-state index contributed by atoms with van der Waals surface area (Å²) >= 11 is 6.03. The summed E-state index contributed by atoms with van der Waals surface area (Å²) in [7, 11) is -2.29. The van der Waals surface area contributed by atoms with Crippen LogP contribution in [0.2, 0.25) is 5.02 Å². The van der Waals surface area contributed by atoms with E-state index in [9.17, 15) is 18.0 Å². The van der Waals surface area contributed by atoms with Crippen molar-refractivity contribution < 1.29 is 22.7 Å². The Morgan fingerprint density at radius 3 is 2.19 bits per heavy atom. The van der Waals surface area contributed by atoms with E-state index in [1.165, 1.54) is 34.5 Å². The van der Waals surface area contributed by atoms with E-state index in [1.54, 1.807) is 0 Å². The van der Waals surface area contributed by atoms with Gasteiger partial charge in [0.25, 0.3) is 0 Å². The highest BCUT2D eigenvalue weighted by Gasteiger charge is 2.53. The number of sulfonamides is 1. The zero-order chi connectivity index (χ0) is 19.3. The van der Waals surface area contributed by atoms with Crippen molar-refractivity contribution in [3.05, 3.63) is 35.4 Å². The summed E-state index contributed by atoms with van der Waals surface area (Å²) in [6, 6.07) is 3.87. The number of halogens is 1. The number of rotatable bonds is 4. The fraction of sp³-hybridized carbons (Fsp3) is 0.444. The predicted molar refractivity (Wildman–Crippen MR) is 97.8 cm³/mol. The molecule has 27 heavy (non-hydrogen) atoms. The second-order valence-electron chi connectivity index (χ2n) is 6.97. The van der Waals surface area contributed by atoms with Crippen LogP contribution in [0.5, 0.6) is 5.75 Å². The fourth-order valence-electron chi connectivity index (χ4n) is 3.92. The summed E-state index contributed by atoms with van der Waals surface area (Å²) in [6.45, 7) is 0.215. The number of benzene rings is 1. The molecule has 2 fully saturated rings. The number of allylic oxidation sites excluding steroid dienone is 2. The Morgan fingerprint density at radius 1 is 1.07 bits per heavy atom. The van der Waals surface area contributed by atoms with Gasteiger partial charge < -0.3 is 4.74 Å². The third-order valence-corrected chi connectivity index (χ3v) is 7.62. The van der Waals surface area contributed by atoms with Crippen LogP contribution >= 0.6 is 11.6 Å². The van der Waals surface area contributed by atoms with Crippen molar-refractivity contribution in [2.24, 2.45) is 11.8 Å². The maximum absolute atomic E-state index is 12.8. The normalized spacial score (nSPS) is 26.2. The van der Waals surface area contributed by atoms with E-state index < -0.39 is 16.1 Å². The Bertz CT molecular complexity index is 913. The van der Waals surface area contributed by atoms with E-state index in [2.05, 4.69) is 0 Å². The van der Waals surface area contributed by atoms with Gasteiger partial charge in [-0.3, -0.25) is 14.5 Å². The van der Waals surface area contributed by atoms with Crippen LogP contribution in [0, 0.1) is 11.8 Å². The lowest BCUT2D eigenvalue weighted by atomic mass is 9.85. The number of hydrogen-bond donors (Lipinski definition) is 0. The monoisotopic (exact) mass is 410 g/mol. The standard InChI is InChI=1S/C18H19ClN2O5S/c1-26-16-7-6-12(8-15(16)19)27(24,25)20-9-11(10-20)21-17(22)13-4-2-3-5-14(13)18(21)23/h2-3,6-8,11,13-14H,4-5,9-10H2,1H3/t13-,14-/m1/s1. The minimum Gasteiger partial charge on any atom is -0.495 e. The van der Waals surface area contributed by atoms with Crippen molar-refractivity contribution >= 4 is 33.4 Å². The van der Waals surface area contributed by atoms with Gasteiger partial charge in [-0.1, -0.05) is 23.8 Å².